The van der Waals surface area contributed by atoms with E-state index in [-0.39, 0.29) is 0 Å². The maximum Gasteiger partial charge on any atom is 0.0411 e. The zero-order valence-corrected chi connectivity index (χ0v) is 10.7. The average Bonchev–Trinajstić information content (AvgIpc) is 2.27. The molecule has 1 aromatic carbocycles. The lowest BCUT2D eigenvalue weighted by molar-refractivity contribution is 0.372. The lowest BCUT2D eigenvalue weighted by Crippen LogP contribution is -2.30. The summed E-state index contributed by atoms with van der Waals surface area (Å²) in [7, 11) is 0. The van der Waals surface area contributed by atoms with Crippen molar-refractivity contribution in [2.45, 2.75) is 51.6 Å². The molecule has 0 heterocycles. The van der Waals surface area contributed by atoms with Crippen molar-refractivity contribution in [2.24, 2.45) is 0 Å². The van der Waals surface area contributed by atoms with Crippen LogP contribution in [-0.4, -0.2) is 6.04 Å². The van der Waals surface area contributed by atoms with Crippen LogP contribution < -0.4 is 5.32 Å². The van der Waals surface area contributed by atoms with Gasteiger partial charge in [-0.05, 0) is 43.0 Å². The highest BCUT2D eigenvalue weighted by molar-refractivity contribution is 6.30. The summed E-state index contributed by atoms with van der Waals surface area (Å²) in [6.07, 6.45) is 6.84. The topological polar surface area (TPSA) is 12.0 Å². The number of nitrogens with one attached hydrogen (secondary N) is 1. The summed E-state index contributed by atoms with van der Waals surface area (Å²) < 4.78 is 0. The first kappa shape index (κ1) is 11.9. The van der Waals surface area contributed by atoms with Gasteiger partial charge in [0.05, 0.1) is 0 Å². The highest BCUT2D eigenvalue weighted by atomic mass is 35.5. The number of benzene rings is 1. The van der Waals surface area contributed by atoms with E-state index in [0.29, 0.717) is 6.04 Å². The zero-order valence-electron chi connectivity index (χ0n) is 9.93. The predicted octanol–water partition coefficient (Wildman–Crippen LogP) is 4.07. The quantitative estimate of drug-likeness (QED) is 0.836. The van der Waals surface area contributed by atoms with E-state index in [1.807, 2.05) is 6.07 Å². The molecule has 88 valence electrons. The van der Waals surface area contributed by atoms with Crippen molar-refractivity contribution >= 4 is 11.6 Å². The molecule has 0 aliphatic heterocycles. The van der Waals surface area contributed by atoms with Crippen LogP contribution >= 0.6 is 11.6 Å². The maximum atomic E-state index is 6.04. The Hall–Kier alpha value is -0.530. The van der Waals surface area contributed by atoms with Gasteiger partial charge in [-0.3, -0.25) is 0 Å². The monoisotopic (exact) mass is 237 g/mol. The minimum Gasteiger partial charge on any atom is -0.310 e. The van der Waals surface area contributed by atoms with Crippen molar-refractivity contribution in [3.05, 3.63) is 34.3 Å². The predicted molar refractivity (Wildman–Crippen MR) is 69.9 cm³/mol. The van der Waals surface area contributed by atoms with Crippen molar-refractivity contribution in [3.63, 3.8) is 0 Å². The van der Waals surface area contributed by atoms with Gasteiger partial charge < -0.3 is 5.32 Å². The SMILES string of the molecule is Cc1cc(Cl)cc(CNC2CCCCC2)c1. The molecule has 0 saturated heterocycles. The number of halogens is 1. The van der Waals surface area contributed by atoms with Crippen LogP contribution in [0.5, 0.6) is 0 Å². The third kappa shape index (κ3) is 3.50. The number of hydrogen-bond acceptors (Lipinski definition) is 1. The second kappa shape index (κ2) is 5.70. The molecule has 0 spiro atoms. The molecule has 2 heteroatoms. The van der Waals surface area contributed by atoms with Gasteiger partial charge in [0.25, 0.3) is 0 Å². The summed E-state index contributed by atoms with van der Waals surface area (Å²) in [6.45, 7) is 3.04. The molecular weight excluding hydrogens is 218 g/mol. The summed E-state index contributed by atoms with van der Waals surface area (Å²) in [6, 6.07) is 6.99. The van der Waals surface area contributed by atoms with E-state index >= 15 is 0 Å². The minimum atomic E-state index is 0.716. The third-order valence-corrected chi connectivity index (χ3v) is 3.52. The van der Waals surface area contributed by atoms with E-state index in [9.17, 15) is 0 Å². The normalized spacial score (nSPS) is 17.6. The zero-order chi connectivity index (χ0) is 11.4. The molecule has 0 unspecified atom stereocenters. The molecule has 0 amide bonds. The Morgan fingerprint density at radius 1 is 1.19 bits per heavy atom. The van der Waals surface area contributed by atoms with Crippen LogP contribution in [-0.2, 0) is 6.54 Å². The fourth-order valence-electron chi connectivity index (χ4n) is 2.48. The molecule has 0 bridgehead atoms. The van der Waals surface area contributed by atoms with Gasteiger partial charge in [0, 0.05) is 17.6 Å². The molecule has 1 nitrogen and oxygen atoms in total. The van der Waals surface area contributed by atoms with Crippen LogP contribution in [0.2, 0.25) is 5.02 Å². The molecule has 16 heavy (non-hydrogen) atoms. The van der Waals surface area contributed by atoms with Gasteiger partial charge >= 0.3 is 0 Å². The van der Waals surface area contributed by atoms with E-state index in [1.54, 1.807) is 0 Å². The van der Waals surface area contributed by atoms with Gasteiger partial charge in [-0.25, -0.2) is 0 Å². The first-order chi connectivity index (χ1) is 7.74. The molecule has 1 aromatic rings. The lowest BCUT2D eigenvalue weighted by Gasteiger charge is -2.23. The van der Waals surface area contributed by atoms with Crippen molar-refractivity contribution in [1.29, 1.82) is 0 Å². The Bertz CT molecular complexity index is 322. The van der Waals surface area contributed by atoms with E-state index in [1.165, 1.54) is 43.2 Å². The standard InChI is InChI=1S/C14H20ClN/c1-11-7-12(9-13(15)8-11)10-16-14-5-3-2-4-6-14/h7-9,14,16H,2-6,10H2,1H3. The van der Waals surface area contributed by atoms with Gasteiger partial charge in [-0.15, -0.1) is 0 Å². The Balaban J connectivity index is 1.88. The minimum absolute atomic E-state index is 0.716. The summed E-state index contributed by atoms with van der Waals surface area (Å²) >= 11 is 6.04. The maximum absolute atomic E-state index is 6.04. The van der Waals surface area contributed by atoms with Crippen molar-refractivity contribution in [1.82, 2.24) is 5.32 Å². The van der Waals surface area contributed by atoms with E-state index in [4.69, 9.17) is 11.6 Å². The average molecular weight is 238 g/mol. The van der Waals surface area contributed by atoms with Gasteiger partial charge in [0.15, 0.2) is 0 Å². The summed E-state index contributed by atoms with van der Waals surface area (Å²) in [5.74, 6) is 0. The van der Waals surface area contributed by atoms with Crippen LogP contribution in [0.3, 0.4) is 0 Å². The van der Waals surface area contributed by atoms with E-state index in [2.05, 4.69) is 24.4 Å². The molecule has 0 radical (unpaired) electrons. The van der Waals surface area contributed by atoms with E-state index < -0.39 is 0 Å². The molecule has 1 aliphatic rings. The molecule has 1 saturated carbocycles. The summed E-state index contributed by atoms with van der Waals surface area (Å²) in [5, 5.41) is 4.48. The molecule has 0 atom stereocenters. The van der Waals surface area contributed by atoms with Crippen molar-refractivity contribution < 1.29 is 0 Å². The Kier molecular flexibility index (Phi) is 4.25. The first-order valence-electron chi connectivity index (χ1n) is 6.23. The first-order valence-corrected chi connectivity index (χ1v) is 6.61. The van der Waals surface area contributed by atoms with Crippen LogP contribution in [0.4, 0.5) is 0 Å². The van der Waals surface area contributed by atoms with Crippen LogP contribution in [0.15, 0.2) is 18.2 Å². The second-order valence-electron chi connectivity index (χ2n) is 4.85. The van der Waals surface area contributed by atoms with Gasteiger partial charge in [0.1, 0.15) is 0 Å². The Morgan fingerprint density at radius 2 is 1.94 bits per heavy atom. The van der Waals surface area contributed by atoms with Crippen LogP contribution in [0.1, 0.15) is 43.2 Å². The highest BCUT2D eigenvalue weighted by Gasteiger charge is 2.12. The molecule has 1 fully saturated rings. The van der Waals surface area contributed by atoms with E-state index in [0.717, 1.165) is 11.6 Å². The number of rotatable bonds is 3. The third-order valence-electron chi connectivity index (χ3n) is 3.30. The molecule has 0 aromatic heterocycles. The Morgan fingerprint density at radius 3 is 2.62 bits per heavy atom. The highest BCUT2D eigenvalue weighted by Crippen LogP contribution is 2.19. The molecule has 1 N–H and O–H groups in total. The van der Waals surface area contributed by atoms with Crippen LogP contribution in [0, 0.1) is 6.92 Å². The molecule has 2 rings (SSSR count). The summed E-state index contributed by atoms with van der Waals surface area (Å²) in [4.78, 5) is 0. The summed E-state index contributed by atoms with van der Waals surface area (Å²) in [5.41, 5.74) is 2.54. The fraction of sp³-hybridized carbons (Fsp3) is 0.571. The fourth-order valence-corrected chi connectivity index (χ4v) is 2.80. The van der Waals surface area contributed by atoms with Crippen molar-refractivity contribution in [3.8, 4) is 0 Å². The Labute approximate surface area is 103 Å². The smallest absolute Gasteiger partial charge is 0.0411 e. The van der Waals surface area contributed by atoms with Crippen LogP contribution in [0.25, 0.3) is 0 Å². The van der Waals surface area contributed by atoms with Crippen molar-refractivity contribution in [2.75, 3.05) is 0 Å². The lowest BCUT2D eigenvalue weighted by atomic mass is 9.95. The number of hydrogen-bond donors (Lipinski definition) is 1. The second-order valence-corrected chi connectivity index (χ2v) is 5.29. The number of aryl methyl sites for hydroxylation is 1. The van der Waals surface area contributed by atoms with Gasteiger partial charge in [-0.2, -0.15) is 0 Å². The molecular formula is C14H20ClN. The largest absolute Gasteiger partial charge is 0.310 e. The van der Waals surface area contributed by atoms with Gasteiger partial charge in [-0.1, -0.05) is 36.9 Å². The molecule has 1 aliphatic carbocycles. The van der Waals surface area contributed by atoms with Gasteiger partial charge in [0.2, 0.25) is 0 Å².